The first-order valence-electron chi connectivity index (χ1n) is 7.73. The van der Waals surface area contributed by atoms with Crippen molar-refractivity contribution in [3.05, 3.63) is 34.9 Å². The van der Waals surface area contributed by atoms with E-state index in [-0.39, 0.29) is 5.91 Å². The van der Waals surface area contributed by atoms with E-state index in [2.05, 4.69) is 30.1 Å². The Balaban J connectivity index is 2.18. The molecule has 0 aliphatic carbocycles. The van der Waals surface area contributed by atoms with Crippen LogP contribution >= 0.6 is 0 Å². The zero-order chi connectivity index (χ0) is 14.5. The molecule has 1 amide bonds. The van der Waals surface area contributed by atoms with Crippen LogP contribution in [0.2, 0.25) is 0 Å². The quantitative estimate of drug-likeness (QED) is 0.915. The highest BCUT2D eigenvalue weighted by Gasteiger charge is 2.27. The van der Waals surface area contributed by atoms with Gasteiger partial charge in [-0.2, -0.15) is 0 Å². The molecule has 3 nitrogen and oxygen atoms in total. The molecule has 2 rings (SSSR count). The molecule has 1 aliphatic rings. The molecule has 1 saturated heterocycles. The largest absolute Gasteiger partial charge is 0.333 e. The highest BCUT2D eigenvalue weighted by molar-refractivity contribution is 5.96. The Morgan fingerprint density at radius 2 is 2.20 bits per heavy atom. The third kappa shape index (κ3) is 3.21. The third-order valence-electron chi connectivity index (χ3n) is 4.34. The fourth-order valence-corrected chi connectivity index (χ4v) is 2.86. The van der Waals surface area contributed by atoms with E-state index in [0.717, 1.165) is 37.2 Å². The Morgan fingerprint density at radius 3 is 2.95 bits per heavy atom. The predicted molar refractivity (Wildman–Crippen MR) is 83.1 cm³/mol. The van der Waals surface area contributed by atoms with Gasteiger partial charge in [-0.15, -0.1) is 0 Å². The molecule has 0 spiro atoms. The molecular formula is C17H26N2O. The maximum Gasteiger partial charge on any atom is 0.254 e. The van der Waals surface area contributed by atoms with Crippen molar-refractivity contribution in [3.8, 4) is 0 Å². The second-order valence-corrected chi connectivity index (χ2v) is 5.75. The summed E-state index contributed by atoms with van der Waals surface area (Å²) in [5.74, 6) is 0.203. The number of piperazine rings is 1. The standard InChI is InChI=1S/C17H26N2O/c1-4-5-8-15-12-18-10-11-19(15)17(20)16-9-6-7-13(2)14(16)3/h6-7,9,15,18H,4-5,8,10-12H2,1-3H3. The zero-order valence-corrected chi connectivity index (χ0v) is 12.9. The first-order chi connectivity index (χ1) is 9.65. The number of nitrogens with zero attached hydrogens (tertiary/aromatic N) is 1. The van der Waals surface area contributed by atoms with Crippen molar-refractivity contribution in [1.82, 2.24) is 10.2 Å². The van der Waals surface area contributed by atoms with E-state index >= 15 is 0 Å². The van der Waals surface area contributed by atoms with Gasteiger partial charge < -0.3 is 10.2 Å². The number of unbranched alkanes of at least 4 members (excludes halogenated alkanes) is 1. The minimum absolute atomic E-state index is 0.203. The van der Waals surface area contributed by atoms with Crippen LogP contribution in [0.15, 0.2) is 18.2 Å². The van der Waals surface area contributed by atoms with Crippen molar-refractivity contribution >= 4 is 5.91 Å². The summed E-state index contributed by atoms with van der Waals surface area (Å²) >= 11 is 0. The molecule has 0 aromatic heterocycles. The lowest BCUT2D eigenvalue weighted by Crippen LogP contribution is -2.53. The van der Waals surface area contributed by atoms with Crippen LogP contribution in [-0.2, 0) is 0 Å². The monoisotopic (exact) mass is 274 g/mol. The molecule has 0 saturated carbocycles. The number of hydrogen-bond donors (Lipinski definition) is 1. The molecule has 1 aromatic rings. The van der Waals surface area contributed by atoms with Gasteiger partial charge in [0.25, 0.3) is 5.91 Å². The van der Waals surface area contributed by atoms with Crippen molar-refractivity contribution in [1.29, 1.82) is 0 Å². The van der Waals surface area contributed by atoms with E-state index in [1.807, 2.05) is 19.1 Å². The Kier molecular flexibility index (Phi) is 5.18. The molecule has 3 heteroatoms. The number of amides is 1. The van der Waals surface area contributed by atoms with Crippen molar-refractivity contribution in [2.45, 2.75) is 46.1 Å². The van der Waals surface area contributed by atoms with Gasteiger partial charge in [-0.3, -0.25) is 4.79 Å². The van der Waals surface area contributed by atoms with Gasteiger partial charge in [-0.1, -0.05) is 31.9 Å². The van der Waals surface area contributed by atoms with E-state index < -0.39 is 0 Å². The lowest BCUT2D eigenvalue weighted by molar-refractivity contribution is 0.0621. The number of aryl methyl sites for hydroxylation is 1. The first-order valence-corrected chi connectivity index (χ1v) is 7.73. The Labute approximate surface area is 122 Å². The summed E-state index contributed by atoms with van der Waals surface area (Å²) < 4.78 is 0. The number of carbonyl (C=O) groups is 1. The highest BCUT2D eigenvalue weighted by Crippen LogP contribution is 2.19. The summed E-state index contributed by atoms with van der Waals surface area (Å²) in [4.78, 5) is 14.9. The molecule has 0 radical (unpaired) electrons. The molecule has 1 N–H and O–H groups in total. The van der Waals surface area contributed by atoms with Gasteiger partial charge in [-0.25, -0.2) is 0 Å². The van der Waals surface area contributed by atoms with Gasteiger partial charge in [-0.05, 0) is 37.5 Å². The predicted octanol–water partition coefficient (Wildman–Crippen LogP) is 2.91. The maximum absolute atomic E-state index is 12.8. The van der Waals surface area contributed by atoms with Crippen molar-refractivity contribution in [2.75, 3.05) is 19.6 Å². The van der Waals surface area contributed by atoms with Crippen LogP contribution < -0.4 is 5.32 Å². The van der Waals surface area contributed by atoms with E-state index in [0.29, 0.717) is 6.04 Å². The zero-order valence-electron chi connectivity index (χ0n) is 12.9. The van der Waals surface area contributed by atoms with Crippen LogP contribution in [0, 0.1) is 13.8 Å². The average Bonchev–Trinajstić information content (AvgIpc) is 2.47. The molecule has 110 valence electrons. The molecular weight excluding hydrogens is 248 g/mol. The average molecular weight is 274 g/mol. The molecule has 1 aliphatic heterocycles. The van der Waals surface area contributed by atoms with Crippen molar-refractivity contribution in [2.24, 2.45) is 0 Å². The van der Waals surface area contributed by atoms with Crippen LogP contribution in [0.25, 0.3) is 0 Å². The normalized spacial score (nSPS) is 19.1. The number of hydrogen-bond acceptors (Lipinski definition) is 2. The smallest absolute Gasteiger partial charge is 0.254 e. The van der Waals surface area contributed by atoms with Crippen LogP contribution in [0.3, 0.4) is 0 Å². The lowest BCUT2D eigenvalue weighted by Gasteiger charge is -2.36. The van der Waals surface area contributed by atoms with Crippen molar-refractivity contribution in [3.63, 3.8) is 0 Å². The summed E-state index contributed by atoms with van der Waals surface area (Å²) in [6, 6.07) is 6.36. The molecule has 20 heavy (non-hydrogen) atoms. The molecule has 1 aromatic carbocycles. The minimum Gasteiger partial charge on any atom is -0.333 e. The summed E-state index contributed by atoms with van der Waals surface area (Å²) in [6.45, 7) is 8.97. The number of carbonyl (C=O) groups excluding carboxylic acids is 1. The molecule has 0 bridgehead atoms. The van der Waals surface area contributed by atoms with Gasteiger partial charge in [0.1, 0.15) is 0 Å². The number of benzene rings is 1. The summed E-state index contributed by atoms with van der Waals surface area (Å²) in [5.41, 5.74) is 3.18. The molecule has 1 atom stereocenters. The minimum atomic E-state index is 0.203. The van der Waals surface area contributed by atoms with Crippen LogP contribution in [0.5, 0.6) is 0 Å². The topological polar surface area (TPSA) is 32.3 Å². The Morgan fingerprint density at radius 1 is 1.40 bits per heavy atom. The van der Waals surface area contributed by atoms with E-state index in [1.54, 1.807) is 0 Å². The van der Waals surface area contributed by atoms with Crippen molar-refractivity contribution < 1.29 is 4.79 Å². The SMILES string of the molecule is CCCCC1CNCCN1C(=O)c1cccc(C)c1C. The van der Waals surface area contributed by atoms with Crippen LogP contribution in [-0.4, -0.2) is 36.5 Å². The van der Waals surface area contributed by atoms with E-state index in [9.17, 15) is 4.79 Å². The van der Waals surface area contributed by atoms with Gasteiger partial charge >= 0.3 is 0 Å². The maximum atomic E-state index is 12.8. The summed E-state index contributed by atoms with van der Waals surface area (Å²) in [5, 5.41) is 3.41. The summed E-state index contributed by atoms with van der Waals surface area (Å²) in [7, 11) is 0. The second-order valence-electron chi connectivity index (χ2n) is 5.75. The fraction of sp³-hybridized carbons (Fsp3) is 0.588. The number of rotatable bonds is 4. The van der Waals surface area contributed by atoms with Gasteiger partial charge in [0.15, 0.2) is 0 Å². The van der Waals surface area contributed by atoms with E-state index in [1.165, 1.54) is 18.4 Å². The van der Waals surface area contributed by atoms with Crippen LogP contribution in [0.4, 0.5) is 0 Å². The van der Waals surface area contributed by atoms with Gasteiger partial charge in [0.2, 0.25) is 0 Å². The molecule has 1 heterocycles. The fourth-order valence-electron chi connectivity index (χ4n) is 2.86. The Hall–Kier alpha value is -1.35. The molecule has 1 unspecified atom stereocenters. The second kappa shape index (κ2) is 6.89. The summed E-state index contributed by atoms with van der Waals surface area (Å²) in [6.07, 6.45) is 3.46. The highest BCUT2D eigenvalue weighted by atomic mass is 16.2. The first kappa shape index (κ1) is 15.0. The van der Waals surface area contributed by atoms with Gasteiger partial charge in [0.05, 0.1) is 0 Å². The Bertz CT molecular complexity index is 470. The lowest BCUT2D eigenvalue weighted by atomic mass is 10.00. The third-order valence-corrected chi connectivity index (χ3v) is 4.34. The molecule has 1 fully saturated rings. The van der Waals surface area contributed by atoms with Crippen LogP contribution in [0.1, 0.15) is 47.7 Å². The van der Waals surface area contributed by atoms with E-state index in [4.69, 9.17) is 0 Å². The number of nitrogens with one attached hydrogen (secondary N) is 1. The van der Waals surface area contributed by atoms with Gasteiger partial charge in [0, 0.05) is 31.2 Å².